The number of benzene rings is 1. The van der Waals surface area contributed by atoms with Crippen LogP contribution in [0.2, 0.25) is 0 Å². The molecule has 0 spiro atoms. The van der Waals surface area contributed by atoms with Crippen molar-refractivity contribution >= 4 is 17.6 Å². The summed E-state index contributed by atoms with van der Waals surface area (Å²) < 4.78 is 10.5. The van der Waals surface area contributed by atoms with E-state index in [1.165, 1.54) is 14.2 Å². The average molecular weight is 382 g/mol. The van der Waals surface area contributed by atoms with Gasteiger partial charge in [0.1, 0.15) is 17.1 Å². The second kappa shape index (κ2) is 8.73. The quantitative estimate of drug-likeness (QED) is 0.709. The lowest BCUT2D eigenvalue weighted by Crippen LogP contribution is -2.37. The minimum atomic E-state index is -0.223. The molecule has 7 nitrogen and oxygen atoms in total. The van der Waals surface area contributed by atoms with Gasteiger partial charge in [-0.25, -0.2) is 4.99 Å². The number of fused-ring (bicyclic) bond motifs is 1. The van der Waals surface area contributed by atoms with E-state index in [2.05, 4.69) is 33.6 Å². The van der Waals surface area contributed by atoms with Crippen LogP contribution >= 0.6 is 0 Å². The zero-order valence-corrected chi connectivity index (χ0v) is 16.5. The van der Waals surface area contributed by atoms with Crippen LogP contribution in [0.4, 0.5) is 0 Å². The largest absolute Gasteiger partial charge is 0.496 e. The van der Waals surface area contributed by atoms with Crippen LogP contribution in [0.15, 0.2) is 52.5 Å². The van der Waals surface area contributed by atoms with Gasteiger partial charge in [0.25, 0.3) is 5.91 Å². The number of guanidine groups is 1. The molecule has 1 amide bonds. The van der Waals surface area contributed by atoms with Gasteiger partial charge in [-0.15, -0.1) is 0 Å². The number of aliphatic imine (C=N–C) groups is 2. The first-order valence-electron chi connectivity index (χ1n) is 9.30. The monoisotopic (exact) mass is 382 g/mol. The number of methoxy groups -OCH3 is 2. The predicted molar refractivity (Wildman–Crippen MR) is 111 cm³/mol. The molecule has 0 saturated heterocycles. The van der Waals surface area contributed by atoms with Crippen molar-refractivity contribution < 1.29 is 14.3 Å². The number of hydrogen-bond donors (Lipinski definition) is 2. The third-order valence-electron chi connectivity index (χ3n) is 4.78. The van der Waals surface area contributed by atoms with Gasteiger partial charge in [-0.1, -0.05) is 24.3 Å². The van der Waals surface area contributed by atoms with Crippen molar-refractivity contribution in [2.45, 2.75) is 13.3 Å². The summed E-state index contributed by atoms with van der Waals surface area (Å²) in [5.41, 5.74) is 1.31. The Morgan fingerprint density at radius 2 is 1.93 bits per heavy atom. The van der Waals surface area contributed by atoms with Crippen LogP contribution in [0, 0.1) is 5.41 Å². The van der Waals surface area contributed by atoms with Gasteiger partial charge >= 0.3 is 0 Å². The minimum Gasteiger partial charge on any atom is -0.496 e. The fraction of sp³-hybridized carbons (Fsp3) is 0.381. The number of carbonyl (C=O) groups excluding carboxylic acids is 1. The Hall–Kier alpha value is -3.09. The Labute approximate surface area is 165 Å². The molecule has 1 unspecified atom stereocenters. The van der Waals surface area contributed by atoms with Crippen molar-refractivity contribution in [2.75, 3.05) is 33.9 Å². The van der Waals surface area contributed by atoms with E-state index in [0.29, 0.717) is 42.7 Å². The number of nitrogens with one attached hydrogen (secondary N) is 2. The van der Waals surface area contributed by atoms with Crippen molar-refractivity contribution in [3.8, 4) is 11.5 Å². The van der Waals surface area contributed by atoms with Gasteiger partial charge in [-0.3, -0.25) is 9.79 Å². The molecule has 0 radical (unpaired) electrons. The number of carbonyl (C=O) groups is 1. The molecule has 0 saturated carbocycles. The smallest absolute Gasteiger partial charge is 0.258 e. The van der Waals surface area contributed by atoms with Crippen molar-refractivity contribution in [1.29, 1.82) is 0 Å². The lowest BCUT2D eigenvalue weighted by atomic mass is 9.81. The second-order valence-electron chi connectivity index (χ2n) is 6.85. The molecule has 3 rings (SSSR count). The summed E-state index contributed by atoms with van der Waals surface area (Å²) in [5, 5.41) is 6.14. The van der Waals surface area contributed by atoms with E-state index >= 15 is 0 Å². The highest BCUT2D eigenvalue weighted by Gasteiger charge is 2.30. The van der Waals surface area contributed by atoms with Crippen LogP contribution in [0.3, 0.4) is 0 Å². The molecule has 0 fully saturated rings. The van der Waals surface area contributed by atoms with Crippen molar-refractivity contribution in [1.82, 2.24) is 10.6 Å². The Morgan fingerprint density at radius 3 is 2.64 bits per heavy atom. The summed E-state index contributed by atoms with van der Waals surface area (Å²) in [4.78, 5) is 21.6. The summed E-state index contributed by atoms with van der Waals surface area (Å²) in [7, 11) is 3.06. The first-order valence-corrected chi connectivity index (χ1v) is 9.30. The molecule has 1 aromatic carbocycles. The van der Waals surface area contributed by atoms with Gasteiger partial charge in [0.05, 0.1) is 26.5 Å². The fourth-order valence-electron chi connectivity index (χ4n) is 3.13. The number of allylic oxidation sites excluding steroid dienone is 3. The Kier molecular flexibility index (Phi) is 6.13. The molecule has 1 atom stereocenters. The Balaban J connectivity index is 1.47. The van der Waals surface area contributed by atoms with Crippen LogP contribution in [0.1, 0.15) is 23.7 Å². The van der Waals surface area contributed by atoms with E-state index in [1.807, 2.05) is 18.2 Å². The maximum absolute atomic E-state index is 12.5. The van der Waals surface area contributed by atoms with Gasteiger partial charge < -0.3 is 20.1 Å². The van der Waals surface area contributed by atoms with E-state index in [4.69, 9.17) is 9.47 Å². The molecular formula is C21H26N4O3. The third kappa shape index (κ3) is 4.24. The molecule has 1 heterocycles. The zero-order valence-electron chi connectivity index (χ0n) is 16.5. The van der Waals surface area contributed by atoms with Crippen LogP contribution in [-0.2, 0) is 0 Å². The maximum atomic E-state index is 12.5. The van der Waals surface area contributed by atoms with E-state index in [0.717, 1.165) is 12.1 Å². The number of rotatable bonds is 7. The Bertz CT molecular complexity index is 835. The topological polar surface area (TPSA) is 84.3 Å². The number of amides is 1. The molecule has 0 bridgehead atoms. The third-order valence-corrected chi connectivity index (χ3v) is 4.78. The highest BCUT2D eigenvalue weighted by molar-refractivity contribution is 6.09. The molecule has 148 valence electrons. The Morgan fingerprint density at radius 1 is 1.18 bits per heavy atom. The lowest BCUT2D eigenvalue weighted by Gasteiger charge is -2.29. The number of ether oxygens (including phenoxy) is 2. The van der Waals surface area contributed by atoms with Crippen LogP contribution in [0.5, 0.6) is 11.5 Å². The van der Waals surface area contributed by atoms with Crippen LogP contribution in [0.25, 0.3) is 0 Å². The van der Waals surface area contributed by atoms with Crippen LogP contribution in [-0.4, -0.2) is 51.4 Å². The lowest BCUT2D eigenvalue weighted by molar-refractivity contribution is 0.0947. The van der Waals surface area contributed by atoms with Crippen molar-refractivity contribution in [3.05, 3.63) is 48.1 Å². The highest BCUT2D eigenvalue weighted by Crippen LogP contribution is 2.28. The molecule has 2 aliphatic rings. The molecule has 1 aromatic rings. The molecular weight excluding hydrogens is 356 g/mol. The summed E-state index contributed by atoms with van der Waals surface area (Å²) in [6.07, 6.45) is 8.92. The summed E-state index contributed by atoms with van der Waals surface area (Å²) in [6, 6.07) is 5.26. The van der Waals surface area contributed by atoms with Gasteiger partial charge in [0.15, 0.2) is 0 Å². The van der Waals surface area contributed by atoms with Gasteiger partial charge in [-0.05, 0) is 31.6 Å². The molecule has 1 aliphatic carbocycles. The highest BCUT2D eigenvalue weighted by atomic mass is 16.5. The SMILES string of the molecule is COc1cccc(OC)c1C(=O)NCCCNC1=NCC2(C)C=CC=CC2=N1. The van der Waals surface area contributed by atoms with Gasteiger partial charge in [0, 0.05) is 18.5 Å². The zero-order chi connectivity index (χ0) is 20.0. The molecule has 28 heavy (non-hydrogen) atoms. The summed E-state index contributed by atoms with van der Waals surface area (Å²) in [5.74, 6) is 1.39. The number of hydrogen-bond acceptors (Lipinski definition) is 6. The van der Waals surface area contributed by atoms with E-state index in [9.17, 15) is 4.79 Å². The molecule has 1 aliphatic heterocycles. The number of nitrogens with zero attached hydrogens (tertiary/aromatic N) is 2. The normalized spacial score (nSPS) is 20.0. The van der Waals surface area contributed by atoms with Crippen molar-refractivity contribution in [3.63, 3.8) is 0 Å². The van der Waals surface area contributed by atoms with Gasteiger partial charge in [0.2, 0.25) is 5.96 Å². The van der Waals surface area contributed by atoms with Crippen molar-refractivity contribution in [2.24, 2.45) is 15.4 Å². The molecule has 2 N–H and O–H groups in total. The molecule has 7 heteroatoms. The van der Waals surface area contributed by atoms with E-state index < -0.39 is 0 Å². The second-order valence-corrected chi connectivity index (χ2v) is 6.85. The minimum absolute atomic E-state index is 0.109. The average Bonchev–Trinajstić information content (AvgIpc) is 2.72. The van der Waals surface area contributed by atoms with Crippen LogP contribution < -0.4 is 20.1 Å². The molecule has 0 aromatic heterocycles. The summed E-state index contributed by atoms with van der Waals surface area (Å²) >= 11 is 0. The van der Waals surface area contributed by atoms with E-state index in [-0.39, 0.29) is 11.3 Å². The standard InChI is InChI=1S/C21H26N4O3/c1-21-11-5-4-10-17(21)25-20(24-14-21)23-13-7-12-22-19(26)18-15(27-2)8-6-9-16(18)28-3/h4-6,8-11H,7,12-14H2,1-3H3,(H,22,26)(H,23,24). The predicted octanol–water partition coefficient (Wildman–Crippen LogP) is 2.36. The summed E-state index contributed by atoms with van der Waals surface area (Å²) in [6.45, 7) is 3.99. The first kappa shape index (κ1) is 19.7. The fourth-order valence-corrected chi connectivity index (χ4v) is 3.13. The first-order chi connectivity index (χ1) is 13.6. The van der Waals surface area contributed by atoms with Gasteiger partial charge in [-0.2, -0.15) is 0 Å². The maximum Gasteiger partial charge on any atom is 0.258 e. The van der Waals surface area contributed by atoms with E-state index in [1.54, 1.807) is 18.2 Å².